The summed E-state index contributed by atoms with van der Waals surface area (Å²) < 4.78 is 10.9. The van der Waals surface area contributed by atoms with Gasteiger partial charge in [0.2, 0.25) is 0 Å². The first-order valence-electron chi connectivity index (χ1n) is 6.86. The first-order valence-corrected chi connectivity index (χ1v) is 6.86. The lowest BCUT2D eigenvalue weighted by molar-refractivity contribution is 0.0671. The molecule has 0 amide bonds. The zero-order valence-electron chi connectivity index (χ0n) is 11.3. The average molecular weight is 249 g/mol. The van der Waals surface area contributed by atoms with Crippen molar-refractivity contribution in [1.29, 1.82) is 0 Å². The lowest BCUT2D eigenvalue weighted by atomic mass is 10.0. The second kappa shape index (κ2) is 6.76. The molecule has 1 aromatic carbocycles. The summed E-state index contributed by atoms with van der Waals surface area (Å²) in [6.45, 7) is 6.66. The van der Waals surface area contributed by atoms with E-state index >= 15 is 0 Å². The summed E-state index contributed by atoms with van der Waals surface area (Å²) in [6, 6.07) is 9.18. The number of hydrogen-bond donors (Lipinski definition) is 1. The molecule has 0 aliphatic carbocycles. The van der Waals surface area contributed by atoms with Gasteiger partial charge in [-0.2, -0.15) is 0 Å². The van der Waals surface area contributed by atoms with Gasteiger partial charge in [0.1, 0.15) is 5.75 Å². The van der Waals surface area contributed by atoms with Crippen LogP contribution < -0.4 is 10.1 Å². The topological polar surface area (TPSA) is 30.5 Å². The molecule has 0 saturated carbocycles. The van der Waals surface area contributed by atoms with Crippen LogP contribution in [-0.4, -0.2) is 25.9 Å². The Hall–Kier alpha value is -1.06. The van der Waals surface area contributed by atoms with E-state index in [-0.39, 0.29) is 0 Å². The van der Waals surface area contributed by atoms with Crippen LogP contribution in [0.4, 0.5) is 0 Å². The van der Waals surface area contributed by atoms with Gasteiger partial charge >= 0.3 is 0 Å². The predicted molar refractivity (Wildman–Crippen MR) is 73.0 cm³/mol. The van der Waals surface area contributed by atoms with Crippen molar-refractivity contribution in [3.05, 3.63) is 29.8 Å². The molecule has 0 bridgehead atoms. The van der Waals surface area contributed by atoms with Gasteiger partial charge < -0.3 is 14.8 Å². The van der Waals surface area contributed by atoms with Gasteiger partial charge in [0, 0.05) is 18.7 Å². The van der Waals surface area contributed by atoms with Gasteiger partial charge in [-0.25, -0.2) is 0 Å². The van der Waals surface area contributed by atoms with Crippen LogP contribution in [0.5, 0.6) is 5.75 Å². The summed E-state index contributed by atoms with van der Waals surface area (Å²) in [6.07, 6.45) is 2.37. The maximum absolute atomic E-state index is 5.49. The molecule has 3 heteroatoms. The van der Waals surface area contributed by atoms with Crippen molar-refractivity contribution >= 4 is 0 Å². The number of nitrogens with one attached hydrogen (secondary N) is 1. The molecule has 2 atom stereocenters. The first kappa shape index (κ1) is 13.4. The molecule has 2 unspecified atom stereocenters. The number of ether oxygens (including phenoxy) is 2. The molecule has 1 fully saturated rings. The Morgan fingerprint density at radius 2 is 2.17 bits per heavy atom. The van der Waals surface area contributed by atoms with Crippen molar-refractivity contribution < 1.29 is 9.47 Å². The molecule has 0 spiro atoms. The lowest BCUT2D eigenvalue weighted by Crippen LogP contribution is -2.38. The SMILES string of the molecule is CCOc1ccc(C(C)NC2CCCOC2)cc1. The fourth-order valence-corrected chi connectivity index (χ4v) is 2.34. The number of hydrogen-bond acceptors (Lipinski definition) is 3. The largest absolute Gasteiger partial charge is 0.494 e. The third-order valence-electron chi connectivity index (χ3n) is 3.34. The van der Waals surface area contributed by atoms with Crippen LogP contribution in [0.3, 0.4) is 0 Å². The Morgan fingerprint density at radius 1 is 1.39 bits per heavy atom. The van der Waals surface area contributed by atoms with Crippen molar-refractivity contribution in [3.8, 4) is 5.75 Å². The molecule has 100 valence electrons. The highest BCUT2D eigenvalue weighted by Crippen LogP contribution is 2.19. The molecule has 0 radical (unpaired) electrons. The van der Waals surface area contributed by atoms with E-state index in [1.165, 1.54) is 12.0 Å². The highest BCUT2D eigenvalue weighted by molar-refractivity contribution is 5.29. The minimum atomic E-state index is 0.354. The maximum atomic E-state index is 5.49. The van der Waals surface area contributed by atoms with E-state index < -0.39 is 0 Å². The van der Waals surface area contributed by atoms with Gasteiger partial charge in [0.15, 0.2) is 0 Å². The van der Waals surface area contributed by atoms with Gasteiger partial charge in [0.25, 0.3) is 0 Å². The molecule has 1 N–H and O–H groups in total. The summed E-state index contributed by atoms with van der Waals surface area (Å²) in [4.78, 5) is 0. The molecule has 0 aromatic heterocycles. The third kappa shape index (κ3) is 3.72. The molecule has 1 saturated heterocycles. The third-order valence-corrected chi connectivity index (χ3v) is 3.34. The minimum absolute atomic E-state index is 0.354. The van der Waals surface area contributed by atoms with Crippen molar-refractivity contribution in [1.82, 2.24) is 5.32 Å². The Kier molecular flexibility index (Phi) is 5.02. The average Bonchev–Trinajstić information content (AvgIpc) is 2.41. The van der Waals surface area contributed by atoms with Gasteiger partial charge in [-0.3, -0.25) is 0 Å². The normalized spacial score (nSPS) is 21.6. The van der Waals surface area contributed by atoms with E-state index in [4.69, 9.17) is 9.47 Å². The first-order chi connectivity index (χ1) is 8.79. The minimum Gasteiger partial charge on any atom is -0.494 e. The van der Waals surface area contributed by atoms with Crippen molar-refractivity contribution in [2.45, 2.75) is 38.8 Å². The molecular weight excluding hydrogens is 226 g/mol. The summed E-state index contributed by atoms with van der Waals surface area (Å²) >= 11 is 0. The van der Waals surface area contributed by atoms with Crippen LogP contribution in [0.25, 0.3) is 0 Å². The number of rotatable bonds is 5. The molecule has 3 nitrogen and oxygen atoms in total. The Labute approximate surface area is 109 Å². The quantitative estimate of drug-likeness (QED) is 0.870. The van der Waals surface area contributed by atoms with Crippen molar-refractivity contribution in [2.75, 3.05) is 19.8 Å². The standard InChI is InChI=1S/C15H23NO2/c1-3-18-15-8-6-13(7-9-15)12(2)16-14-5-4-10-17-11-14/h6-9,12,14,16H,3-5,10-11H2,1-2H3. The summed E-state index contributed by atoms with van der Waals surface area (Å²) in [5.74, 6) is 0.939. The molecule has 1 aromatic rings. The van der Waals surface area contributed by atoms with E-state index in [0.717, 1.165) is 25.4 Å². The van der Waals surface area contributed by atoms with E-state index in [2.05, 4.69) is 24.4 Å². The molecular formula is C15H23NO2. The van der Waals surface area contributed by atoms with Crippen molar-refractivity contribution in [2.24, 2.45) is 0 Å². The zero-order valence-corrected chi connectivity index (χ0v) is 11.3. The molecule has 1 heterocycles. The second-order valence-corrected chi connectivity index (χ2v) is 4.80. The van der Waals surface area contributed by atoms with E-state index in [1.807, 2.05) is 19.1 Å². The highest BCUT2D eigenvalue weighted by Gasteiger charge is 2.16. The van der Waals surface area contributed by atoms with Crippen LogP contribution >= 0.6 is 0 Å². The van der Waals surface area contributed by atoms with E-state index in [1.54, 1.807) is 0 Å². The maximum Gasteiger partial charge on any atom is 0.119 e. The van der Waals surface area contributed by atoms with E-state index in [9.17, 15) is 0 Å². The summed E-state index contributed by atoms with van der Waals surface area (Å²) in [7, 11) is 0. The molecule has 1 aliphatic heterocycles. The van der Waals surface area contributed by atoms with Crippen LogP contribution in [0.2, 0.25) is 0 Å². The van der Waals surface area contributed by atoms with Gasteiger partial charge in [-0.15, -0.1) is 0 Å². The monoisotopic (exact) mass is 249 g/mol. The summed E-state index contributed by atoms with van der Waals surface area (Å²) in [5, 5.41) is 3.62. The highest BCUT2D eigenvalue weighted by atomic mass is 16.5. The molecule has 18 heavy (non-hydrogen) atoms. The van der Waals surface area contributed by atoms with E-state index in [0.29, 0.717) is 18.7 Å². The van der Waals surface area contributed by atoms with Crippen LogP contribution in [0, 0.1) is 0 Å². The smallest absolute Gasteiger partial charge is 0.119 e. The fraction of sp³-hybridized carbons (Fsp3) is 0.600. The van der Waals surface area contributed by atoms with Gasteiger partial charge in [-0.1, -0.05) is 12.1 Å². The lowest BCUT2D eigenvalue weighted by Gasteiger charge is -2.27. The Morgan fingerprint density at radius 3 is 2.78 bits per heavy atom. The van der Waals surface area contributed by atoms with Crippen molar-refractivity contribution in [3.63, 3.8) is 0 Å². The van der Waals surface area contributed by atoms with Gasteiger partial charge in [0.05, 0.1) is 13.2 Å². The fourth-order valence-electron chi connectivity index (χ4n) is 2.34. The van der Waals surface area contributed by atoms with Crippen LogP contribution in [0.15, 0.2) is 24.3 Å². The van der Waals surface area contributed by atoms with Crippen LogP contribution in [-0.2, 0) is 4.74 Å². The zero-order chi connectivity index (χ0) is 12.8. The van der Waals surface area contributed by atoms with Crippen LogP contribution in [0.1, 0.15) is 38.3 Å². The molecule has 1 aliphatic rings. The van der Waals surface area contributed by atoms with Gasteiger partial charge in [-0.05, 0) is 44.4 Å². The number of benzene rings is 1. The Bertz CT molecular complexity index is 344. The Balaban J connectivity index is 1.89. The second-order valence-electron chi connectivity index (χ2n) is 4.80. The predicted octanol–water partition coefficient (Wildman–Crippen LogP) is 2.91. The molecule has 2 rings (SSSR count). The summed E-state index contributed by atoms with van der Waals surface area (Å²) in [5.41, 5.74) is 1.30.